The monoisotopic (exact) mass is 247 g/mol. The van der Waals surface area contributed by atoms with Gasteiger partial charge in [0.25, 0.3) is 0 Å². The van der Waals surface area contributed by atoms with Gasteiger partial charge in [0.15, 0.2) is 6.23 Å². The number of hydrogen-bond acceptors (Lipinski definition) is 6. The molecule has 0 radical (unpaired) electrons. The summed E-state index contributed by atoms with van der Waals surface area (Å²) >= 11 is 1.00. The molecule has 7 heteroatoms. The van der Waals surface area contributed by atoms with E-state index in [1.54, 1.807) is 12.3 Å². The predicted molar refractivity (Wildman–Crippen MR) is 56.3 cm³/mol. The molecule has 1 saturated heterocycles. The standard InChI is InChI=1S/C9H13NO5S/c1-4-3-16-9(14)10(4)8-7(13)6(12)5(2-11)15-8/h3,5-8,11-13H,2H2,1H3/t5-,6-,7-,8?/m1/s1. The van der Waals surface area contributed by atoms with E-state index in [9.17, 15) is 15.0 Å². The fourth-order valence-electron chi connectivity index (χ4n) is 1.79. The third kappa shape index (κ3) is 1.70. The van der Waals surface area contributed by atoms with Gasteiger partial charge in [0.05, 0.1) is 6.61 Å². The number of aliphatic hydroxyl groups excluding tert-OH is 3. The van der Waals surface area contributed by atoms with Gasteiger partial charge in [-0.2, -0.15) is 0 Å². The number of aliphatic hydroxyl groups is 3. The Balaban J connectivity index is 2.33. The topological polar surface area (TPSA) is 91.9 Å². The molecule has 1 aromatic rings. The van der Waals surface area contributed by atoms with Gasteiger partial charge in [0.2, 0.25) is 0 Å². The molecular weight excluding hydrogens is 234 g/mol. The molecule has 16 heavy (non-hydrogen) atoms. The fourth-order valence-corrected chi connectivity index (χ4v) is 2.54. The molecule has 1 unspecified atom stereocenters. The Hall–Kier alpha value is -0.730. The van der Waals surface area contributed by atoms with Crippen LogP contribution >= 0.6 is 11.3 Å². The van der Waals surface area contributed by atoms with Crippen LogP contribution in [0.25, 0.3) is 0 Å². The first-order valence-corrected chi connectivity index (χ1v) is 5.73. The highest BCUT2D eigenvalue weighted by Crippen LogP contribution is 2.29. The van der Waals surface area contributed by atoms with Gasteiger partial charge in [-0.25, -0.2) is 0 Å². The normalized spacial score (nSPS) is 34.5. The number of hydrogen-bond donors (Lipinski definition) is 3. The molecule has 2 rings (SSSR count). The summed E-state index contributed by atoms with van der Waals surface area (Å²) in [6.07, 6.45) is -4.17. The molecule has 90 valence electrons. The summed E-state index contributed by atoms with van der Waals surface area (Å²) in [5.74, 6) is 0. The summed E-state index contributed by atoms with van der Waals surface area (Å²) < 4.78 is 6.55. The highest BCUT2D eigenvalue weighted by molar-refractivity contribution is 7.07. The SMILES string of the molecule is Cc1csc(=O)n1C1O[C@H](CO)[C@@H](O)[C@H]1O. The Morgan fingerprint density at radius 1 is 1.50 bits per heavy atom. The van der Waals surface area contributed by atoms with Crippen molar-refractivity contribution in [2.24, 2.45) is 0 Å². The largest absolute Gasteiger partial charge is 0.394 e. The number of thiazole rings is 1. The van der Waals surface area contributed by atoms with Crippen molar-refractivity contribution in [1.29, 1.82) is 0 Å². The first kappa shape index (κ1) is 11.7. The van der Waals surface area contributed by atoms with Gasteiger partial charge in [-0.3, -0.25) is 9.36 Å². The molecule has 0 aliphatic carbocycles. The van der Waals surface area contributed by atoms with Crippen molar-refractivity contribution in [3.05, 3.63) is 20.7 Å². The summed E-state index contributed by atoms with van der Waals surface area (Å²) in [4.78, 5) is 11.3. The Kier molecular flexibility index (Phi) is 3.13. The van der Waals surface area contributed by atoms with E-state index in [-0.39, 0.29) is 4.87 Å². The molecule has 4 atom stereocenters. The maximum atomic E-state index is 11.5. The van der Waals surface area contributed by atoms with Gasteiger partial charge in [-0.1, -0.05) is 11.3 Å². The van der Waals surface area contributed by atoms with E-state index < -0.39 is 31.1 Å². The van der Waals surface area contributed by atoms with Gasteiger partial charge < -0.3 is 20.1 Å². The second-order valence-electron chi connectivity index (χ2n) is 3.74. The molecule has 0 saturated carbocycles. The summed E-state index contributed by atoms with van der Waals surface area (Å²) in [6, 6.07) is 0. The Bertz CT molecular complexity index is 428. The average Bonchev–Trinajstić information content (AvgIpc) is 2.72. The molecule has 1 aliphatic heterocycles. The second kappa shape index (κ2) is 4.27. The summed E-state index contributed by atoms with van der Waals surface area (Å²) in [6.45, 7) is 1.32. The Labute approximate surface area is 95.3 Å². The molecule has 0 amide bonds. The summed E-state index contributed by atoms with van der Waals surface area (Å²) in [5, 5.41) is 29.9. The molecule has 0 aromatic carbocycles. The molecule has 3 N–H and O–H groups in total. The Morgan fingerprint density at radius 3 is 2.62 bits per heavy atom. The van der Waals surface area contributed by atoms with Crippen LogP contribution < -0.4 is 4.87 Å². The quantitative estimate of drug-likeness (QED) is 0.612. The average molecular weight is 247 g/mol. The van der Waals surface area contributed by atoms with Gasteiger partial charge in [-0.05, 0) is 6.92 Å². The Morgan fingerprint density at radius 2 is 2.19 bits per heavy atom. The van der Waals surface area contributed by atoms with Crippen molar-refractivity contribution < 1.29 is 20.1 Å². The van der Waals surface area contributed by atoms with E-state index in [4.69, 9.17) is 9.84 Å². The minimum absolute atomic E-state index is 0.257. The van der Waals surface area contributed by atoms with E-state index in [2.05, 4.69) is 0 Å². The van der Waals surface area contributed by atoms with Crippen molar-refractivity contribution in [2.45, 2.75) is 31.5 Å². The van der Waals surface area contributed by atoms with Crippen molar-refractivity contribution in [3.8, 4) is 0 Å². The van der Waals surface area contributed by atoms with E-state index in [1.165, 1.54) is 4.57 Å². The van der Waals surface area contributed by atoms with Crippen LogP contribution in [0.2, 0.25) is 0 Å². The van der Waals surface area contributed by atoms with E-state index in [0.717, 1.165) is 11.3 Å². The lowest BCUT2D eigenvalue weighted by Gasteiger charge is -2.16. The highest BCUT2D eigenvalue weighted by atomic mass is 32.1. The first-order chi connectivity index (χ1) is 7.56. The van der Waals surface area contributed by atoms with E-state index in [1.807, 2.05) is 0 Å². The van der Waals surface area contributed by atoms with Crippen LogP contribution in [0.1, 0.15) is 11.9 Å². The molecule has 2 heterocycles. The van der Waals surface area contributed by atoms with Crippen molar-refractivity contribution >= 4 is 11.3 Å². The minimum Gasteiger partial charge on any atom is -0.394 e. The lowest BCUT2D eigenvalue weighted by atomic mass is 10.1. The van der Waals surface area contributed by atoms with Gasteiger partial charge in [0, 0.05) is 11.1 Å². The highest BCUT2D eigenvalue weighted by Gasteiger charge is 2.44. The van der Waals surface area contributed by atoms with Crippen LogP contribution in [0, 0.1) is 6.92 Å². The van der Waals surface area contributed by atoms with Crippen LogP contribution in [-0.4, -0.2) is 44.8 Å². The lowest BCUT2D eigenvalue weighted by molar-refractivity contribution is -0.0545. The molecule has 1 aliphatic rings. The fraction of sp³-hybridized carbons (Fsp3) is 0.667. The van der Waals surface area contributed by atoms with Gasteiger partial charge >= 0.3 is 4.87 Å². The minimum atomic E-state index is -1.21. The third-order valence-electron chi connectivity index (χ3n) is 2.68. The van der Waals surface area contributed by atoms with Crippen LogP contribution in [0.15, 0.2) is 10.2 Å². The third-order valence-corrected chi connectivity index (χ3v) is 3.54. The molecular formula is C9H13NO5S. The van der Waals surface area contributed by atoms with Crippen LogP contribution in [-0.2, 0) is 4.74 Å². The number of aryl methyl sites for hydroxylation is 1. The summed E-state index contributed by atoms with van der Waals surface area (Å²) in [7, 11) is 0. The number of ether oxygens (including phenoxy) is 1. The van der Waals surface area contributed by atoms with Crippen LogP contribution in [0.5, 0.6) is 0 Å². The zero-order valence-electron chi connectivity index (χ0n) is 8.61. The maximum absolute atomic E-state index is 11.5. The first-order valence-electron chi connectivity index (χ1n) is 4.85. The molecule has 6 nitrogen and oxygen atoms in total. The van der Waals surface area contributed by atoms with Crippen LogP contribution in [0.4, 0.5) is 0 Å². The number of nitrogens with zero attached hydrogens (tertiary/aromatic N) is 1. The van der Waals surface area contributed by atoms with Crippen molar-refractivity contribution in [2.75, 3.05) is 6.61 Å². The smallest absolute Gasteiger partial charge is 0.309 e. The zero-order valence-corrected chi connectivity index (χ0v) is 9.42. The predicted octanol–water partition coefficient (Wildman–Crippen LogP) is -1.17. The lowest BCUT2D eigenvalue weighted by Crippen LogP contribution is -2.34. The molecule has 1 aromatic heterocycles. The van der Waals surface area contributed by atoms with Crippen LogP contribution in [0.3, 0.4) is 0 Å². The zero-order chi connectivity index (χ0) is 11.9. The second-order valence-corrected chi connectivity index (χ2v) is 4.56. The van der Waals surface area contributed by atoms with E-state index >= 15 is 0 Å². The van der Waals surface area contributed by atoms with Gasteiger partial charge in [-0.15, -0.1) is 0 Å². The maximum Gasteiger partial charge on any atom is 0.309 e. The molecule has 1 fully saturated rings. The number of rotatable bonds is 2. The molecule has 0 bridgehead atoms. The number of aromatic nitrogens is 1. The van der Waals surface area contributed by atoms with E-state index in [0.29, 0.717) is 5.69 Å². The van der Waals surface area contributed by atoms with Gasteiger partial charge in [0.1, 0.15) is 18.3 Å². The summed E-state index contributed by atoms with van der Waals surface area (Å²) in [5.41, 5.74) is 0.657. The van der Waals surface area contributed by atoms with Crippen molar-refractivity contribution in [1.82, 2.24) is 4.57 Å². The molecule has 0 spiro atoms. The van der Waals surface area contributed by atoms with Crippen molar-refractivity contribution in [3.63, 3.8) is 0 Å².